The van der Waals surface area contributed by atoms with E-state index in [9.17, 15) is 8.78 Å². The van der Waals surface area contributed by atoms with E-state index in [1.807, 2.05) is 6.92 Å². The Labute approximate surface area is 108 Å². The fourth-order valence-electron chi connectivity index (χ4n) is 3.11. The molecule has 2 rings (SSSR count). The summed E-state index contributed by atoms with van der Waals surface area (Å²) in [5.74, 6) is -0.355. The second-order valence-corrected chi connectivity index (χ2v) is 5.28. The van der Waals surface area contributed by atoms with Crippen LogP contribution >= 0.6 is 0 Å². The largest absolute Gasteiger partial charge is 0.310 e. The summed E-state index contributed by atoms with van der Waals surface area (Å²) in [6.07, 6.45) is 3.63. The second-order valence-electron chi connectivity index (χ2n) is 5.28. The fourth-order valence-corrected chi connectivity index (χ4v) is 3.11. The van der Waals surface area contributed by atoms with Crippen molar-refractivity contribution < 1.29 is 8.78 Å². The zero-order valence-electron chi connectivity index (χ0n) is 11.0. The van der Waals surface area contributed by atoms with Crippen LogP contribution in [0.1, 0.15) is 44.7 Å². The van der Waals surface area contributed by atoms with Crippen LogP contribution in [0.15, 0.2) is 18.2 Å². The first kappa shape index (κ1) is 13.5. The van der Waals surface area contributed by atoms with Gasteiger partial charge >= 0.3 is 0 Å². The van der Waals surface area contributed by atoms with Gasteiger partial charge in [-0.2, -0.15) is 0 Å². The molecular formula is C15H21F2N. The van der Waals surface area contributed by atoms with Gasteiger partial charge in [0.25, 0.3) is 0 Å². The van der Waals surface area contributed by atoms with E-state index in [0.717, 1.165) is 18.5 Å². The molecule has 1 aliphatic rings. The first-order chi connectivity index (χ1) is 8.63. The first-order valence-corrected chi connectivity index (χ1v) is 6.81. The molecule has 0 heterocycles. The maximum absolute atomic E-state index is 13.4. The minimum absolute atomic E-state index is 0.141. The molecule has 3 unspecified atom stereocenters. The third-order valence-electron chi connectivity index (χ3n) is 4.08. The lowest BCUT2D eigenvalue weighted by atomic mass is 9.86. The van der Waals surface area contributed by atoms with E-state index >= 15 is 0 Å². The Morgan fingerprint density at radius 1 is 1.28 bits per heavy atom. The Balaban J connectivity index is 2.25. The summed E-state index contributed by atoms with van der Waals surface area (Å²) >= 11 is 0. The quantitative estimate of drug-likeness (QED) is 0.853. The molecule has 1 aromatic carbocycles. The molecule has 1 aromatic rings. The summed E-state index contributed by atoms with van der Waals surface area (Å²) in [5, 5.41) is 3.43. The molecule has 0 bridgehead atoms. The minimum atomic E-state index is -0.770. The Kier molecular flexibility index (Phi) is 4.33. The van der Waals surface area contributed by atoms with Gasteiger partial charge in [-0.15, -0.1) is 0 Å². The molecule has 0 spiro atoms. The van der Waals surface area contributed by atoms with Crippen LogP contribution in [0.25, 0.3) is 0 Å². The average Bonchev–Trinajstić information content (AvgIpc) is 2.76. The van der Waals surface area contributed by atoms with Gasteiger partial charge in [0.1, 0.15) is 0 Å². The molecule has 0 radical (unpaired) electrons. The SMILES string of the molecule is CCNC(c1ccc(F)c(F)c1)C1CCCC1C. The lowest BCUT2D eigenvalue weighted by molar-refractivity contribution is 0.304. The number of halogens is 2. The monoisotopic (exact) mass is 253 g/mol. The van der Waals surface area contributed by atoms with Gasteiger partial charge in [0.2, 0.25) is 0 Å². The van der Waals surface area contributed by atoms with Gasteiger partial charge in [0, 0.05) is 6.04 Å². The molecule has 0 aromatic heterocycles. The minimum Gasteiger partial charge on any atom is -0.310 e. The molecule has 100 valence electrons. The van der Waals surface area contributed by atoms with Crippen molar-refractivity contribution in [2.24, 2.45) is 11.8 Å². The summed E-state index contributed by atoms with van der Waals surface area (Å²) in [4.78, 5) is 0. The van der Waals surface area contributed by atoms with Crippen LogP contribution < -0.4 is 5.32 Å². The third kappa shape index (κ3) is 2.72. The van der Waals surface area contributed by atoms with Crippen molar-refractivity contribution in [3.63, 3.8) is 0 Å². The Morgan fingerprint density at radius 2 is 2.06 bits per heavy atom. The van der Waals surface area contributed by atoms with E-state index in [1.165, 1.54) is 25.0 Å². The van der Waals surface area contributed by atoms with Crippen LogP contribution in [0.3, 0.4) is 0 Å². The van der Waals surface area contributed by atoms with Crippen LogP contribution in [0, 0.1) is 23.5 Å². The van der Waals surface area contributed by atoms with E-state index in [0.29, 0.717) is 11.8 Å². The molecule has 1 fully saturated rings. The lowest BCUT2D eigenvalue weighted by Gasteiger charge is -2.28. The molecule has 3 heteroatoms. The highest BCUT2D eigenvalue weighted by Gasteiger charge is 2.31. The van der Waals surface area contributed by atoms with Crippen molar-refractivity contribution in [3.05, 3.63) is 35.4 Å². The van der Waals surface area contributed by atoms with Gasteiger partial charge in [0.15, 0.2) is 11.6 Å². The van der Waals surface area contributed by atoms with Crippen molar-refractivity contribution in [1.29, 1.82) is 0 Å². The van der Waals surface area contributed by atoms with Crippen molar-refractivity contribution >= 4 is 0 Å². The first-order valence-electron chi connectivity index (χ1n) is 6.81. The summed E-state index contributed by atoms with van der Waals surface area (Å²) in [5.41, 5.74) is 0.870. The van der Waals surface area contributed by atoms with Gasteiger partial charge < -0.3 is 5.32 Å². The maximum Gasteiger partial charge on any atom is 0.159 e. The summed E-state index contributed by atoms with van der Waals surface area (Å²) in [6.45, 7) is 5.14. The Bertz CT molecular complexity index is 405. The number of nitrogens with one attached hydrogen (secondary N) is 1. The molecule has 1 nitrogen and oxygen atoms in total. The van der Waals surface area contributed by atoms with Gasteiger partial charge in [-0.3, -0.25) is 0 Å². The van der Waals surface area contributed by atoms with Crippen molar-refractivity contribution in [1.82, 2.24) is 5.32 Å². The standard InChI is InChI=1S/C15H21F2N/c1-3-18-15(12-6-4-5-10(12)2)11-7-8-13(16)14(17)9-11/h7-10,12,15,18H,3-6H2,1-2H3. The van der Waals surface area contributed by atoms with Gasteiger partial charge in [-0.1, -0.05) is 32.8 Å². The van der Waals surface area contributed by atoms with E-state index in [-0.39, 0.29) is 6.04 Å². The molecule has 0 saturated heterocycles. The zero-order valence-corrected chi connectivity index (χ0v) is 11.0. The summed E-state index contributed by atoms with van der Waals surface area (Å²) in [7, 11) is 0. The van der Waals surface area contributed by atoms with Crippen LogP contribution in [0.4, 0.5) is 8.78 Å². The van der Waals surface area contributed by atoms with E-state index in [2.05, 4.69) is 12.2 Å². The van der Waals surface area contributed by atoms with E-state index < -0.39 is 11.6 Å². The summed E-state index contributed by atoms with van der Waals surface area (Å²) < 4.78 is 26.4. The molecule has 1 saturated carbocycles. The molecule has 0 amide bonds. The molecular weight excluding hydrogens is 232 g/mol. The topological polar surface area (TPSA) is 12.0 Å². The predicted octanol–water partition coefficient (Wildman–Crippen LogP) is 4.05. The Hall–Kier alpha value is -0.960. The molecule has 1 aliphatic carbocycles. The van der Waals surface area contributed by atoms with E-state index in [4.69, 9.17) is 0 Å². The highest BCUT2D eigenvalue weighted by molar-refractivity contribution is 5.22. The fraction of sp³-hybridized carbons (Fsp3) is 0.600. The number of hydrogen-bond donors (Lipinski definition) is 1. The Morgan fingerprint density at radius 3 is 2.61 bits per heavy atom. The number of rotatable bonds is 4. The zero-order chi connectivity index (χ0) is 13.1. The number of benzene rings is 1. The smallest absolute Gasteiger partial charge is 0.159 e. The highest BCUT2D eigenvalue weighted by atomic mass is 19.2. The summed E-state index contributed by atoms with van der Waals surface area (Å²) in [6, 6.07) is 4.42. The molecule has 3 atom stereocenters. The molecule has 1 N–H and O–H groups in total. The predicted molar refractivity (Wildman–Crippen MR) is 69.3 cm³/mol. The second kappa shape index (κ2) is 5.79. The van der Waals surface area contributed by atoms with Gasteiger partial charge in [0.05, 0.1) is 0 Å². The van der Waals surface area contributed by atoms with Crippen molar-refractivity contribution in [3.8, 4) is 0 Å². The normalized spacial score (nSPS) is 25.3. The van der Waals surface area contributed by atoms with Crippen LogP contribution in [0.2, 0.25) is 0 Å². The van der Waals surface area contributed by atoms with Gasteiger partial charge in [-0.25, -0.2) is 8.78 Å². The maximum atomic E-state index is 13.4. The number of hydrogen-bond acceptors (Lipinski definition) is 1. The van der Waals surface area contributed by atoms with Crippen LogP contribution in [-0.4, -0.2) is 6.54 Å². The third-order valence-corrected chi connectivity index (χ3v) is 4.08. The average molecular weight is 253 g/mol. The molecule has 0 aliphatic heterocycles. The molecule has 18 heavy (non-hydrogen) atoms. The van der Waals surface area contributed by atoms with E-state index in [1.54, 1.807) is 6.07 Å². The van der Waals surface area contributed by atoms with Crippen molar-refractivity contribution in [2.75, 3.05) is 6.54 Å². The van der Waals surface area contributed by atoms with Gasteiger partial charge in [-0.05, 0) is 42.5 Å². The highest BCUT2D eigenvalue weighted by Crippen LogP contribution is 2.40. The van der Waals surface area contributed by atoms with Crippen LogP contribution in [0.5, 0.6) is 0 Å². The lowest BCUT2D eigenvalue weighted by Crippen LogP contribution is -2.29. The van der Waals surface area contributed by atoms with Crippen LogP contribution in [-0.2, 0) is 0 Å². The van der Waals surface area contributed by atoms with Crippen molar-refractivity contribution in [2.45, 2.75) is 39.2 Å².